The van der Waals surface area contributed by atoms with Crippen LogP contribution < -0.4 is 11.1 Å². The highest BCUT2D eigenvalue weighted by molar-refractivity contribution is 5.81. The molecule has 0 aromatic heterocycles. The predicted molar refractivity (Wildman–Crippen MR) is 52.5 cm³/mol. The number of aliphatic hydroxyl groups excluding tert-OH is 1. The van der Waals surface area contributed by atoms with Crippen molar-refractivity contribution in [2.75, 3.05) is 6.54 Å². The molecule has 0 aliphatic heterocycles. The highest BCUT2D eigenvalue weighted by Crippen LogP contribution is 2.19. The standard InChI is InChI=1S/C9H17F3N2O2/c1-5(2)3-6(13)8(16)14-4-7(15)9(10,11)12/h5-7,15H,3-4,13H2,1-2H3,(H,14,16). The van der Waals surface area contributed by atoms with Gasteiger partial charge in [-0.25, -0.2) is 0 Å². The molecule has 1 amide bonds. The van der Waals surface area contributed by atoms with Crippen LogP contribution in [0.25, 0.3) is 0 Å². The van der Waals surface area contributed by atoms with Crippen molar-refractivity contribution >= 4 is 5.91 Å². The Bertz CT molecular complexity index is 231. The van der Waals surface area contributed by atoms with Crippen molar-refractivity contribution < 1.29 is 23.1 Å². The third kappa shape index (κ3) is 5.92. The van der Waals surface area contributed by atoms with Gasteiger partial charge in [0.25, 0.3) is 0 Å². The molecule has 0 aromatic carbocycles. The third-order valence-corrected chi connectivity index (χ3v) is 1.91. The van der Waals surface area contributed by atoms with Crippen LogP contribution in [0.15, 0.2) is 0 Å². The number of halogens is 3. The highest BCUT2D eigenvalue weighted by Gasteiger charge is 2.38. The molecule has 0 aromatic rings. The second kappa shape index (κ2) is 6.05. The Kier molecular flexibility index (Phi) is 5.74. The topological polar surface area (TPSA) is 75.4 Å². The summed E-state index contributed by atoms with van der Waals surface area (Å²) in [6.07, 6.45) is -6.90. The maximum Gasteiger partial charge on any atom is 0.416 e. The van der Waals surface area contributed by atoms with E-state index < -0.39 is 30.8 Å². The molecule has 4 nitrogen and oxygen atoms in total. The molecule has 0 spiro atoms. The fourth-order valence-corrected chi connectivity index (χ4v) is 1.06. The Morgan fingerprint density at radius 1 is 1.44 bits per heavy atom. The SMILES string of the molecule is CC(C)CC(N)C(=O)NCC(O)C(F)(F)F. The van der Waals surface area contributed by atoms with Gasteiger partial charge in [0, 0.05) is 0 Å². The number of hydrogen-bond donors (Lipinski definition) is 3. The smallest absolute Gasteiger partial charge is 0.382 e. The summed E-state index contributed by atoms with van der Waals surface area (Å²) < 4.78 is 35.6. The van der Waals surface area contributed by atoms with E-state index in [0.29, 0.717) is 6.42 Å². The van der Waals surface area contributed by atoms with E-state index in [1.807, 2.05) is 19.2 Å². The first-order chi connectivity index (χ1) is 7.14. The van der Waals surface area contributed by atoms with Crippen LogP contribution in [0.2, 0.25) is 0 Å². The monoisotopic (exact) mass is 242 g/mol. The van der Waals surface area contributed by atoms with E-state index in [4.69, 9.17) is 10.8 Å². The van der Waals surface area contributed by atoms with E-state index in [1.165, 1.54) is 0 Å². The molecule has 0 bridgehead atoms. The van der Waals surface area contributed by atoms with Gasteiger partial charge in [-0.3, -0.25) is 4.79 Å². The Labute approximate surface area is 92.0 Å². The summed E-state index contributed by atoms with van der Waals surface area (Å²) in [5.74, 6) is -0.509. The number of carbonyl (C=O) groups excluding carboxylic acids is 1. The lowest BCUT2D eigenvalue weighted by atomic mass is 10.0. The molecule has 0 aliphatic rings. The highest BCUT2D eigenvalue weighted by atomic mass is 19.4. The zero-order valence-corrected chi connectivity index (χ0v) is 9.21. The van der Waals surface area contributed by atoms with Gasteiger partial charge < -0.3 is 16.2 Å². The summed E-state index contributed by atoms with van der Waals surface area (Å²) in [4.78, 5) is 11.2. The fraction of sp³-hybridized carbons (Fsp3) is 0.889. The number of rotatable bonds is 5. The minimum absolute atomic E-state index is 0.174. The molecule has 0 saturated heterocycles. The molecular weight excluding hydrogens is 225 g/mol. The van der Waals surface area contributed by atoms with Crippen molar-refractivity contribution in [1.82, 2.24) is 5.32 Å². The van der Waals surface area contributed by atoms with Gasteiger partial charge >= 0.3 is 6.18 Å². The van der Waals surface area contributed by atoms with Crippen LogP contribution in [0, 0.1) is 5.92 Å². The fourth-order valence-electron chi connectivity index (χ4n) is 1.06. The first-order valence-electron chi connectivity index (χ1n) is 4.92. The van der Waals surface area contributed by atoms with Crippen LogP contribution >= 0.6 is 0 Å². The van der Waals surface area contributed by atoms with Crippen LogP contribution in [0.3, 0.4) is 0 Å². The normalized spacial score (nSPS) is 16.0. The van der Waals surface area contributed by atoms with Gasteiger partial charge in [-0.1, -0.05) is 13.8 Å². The third-order valence-electron chi connectivity index (χ3n) is 1.91. The molecule has 0 rings (SSSR count). The van der Waals surface area contributed by atoms with E-state index >= 15 is 0 Å². The minimum atomic E-state index is -4.73. The van der Waals surface area contributed by atoms with E-state index in [2.05, 4.69) is 0 Å². The van der Waals surface area contributed by atoms with Crippen LogP contribution in [-0.2, 0) is 4.79 Å². The minimum Gasteiger partial charge on any atom is -0.382 e. The lowest BCUT2D eigenvalue weighted by Crippen LogP contribution is -2.47. The second-order valence-corrected chi connectivity index (χ2v) is 4.04. The Morgan fingerprint density at radius 3 is 2.31 bits per heavy atom. The molecule has 0 heterocycles. The summed E-state index contributed by atoms with van der Waals surface area (Å²) in [5.41, 5.74) is 5.44. The summed E-state index contributed by atoms with van der Waals surface area (Å²) in [7, 11) is 0. The number of nitrogens with two attached hydrogens (primary N) is 1. The lowest BCUT2D eigenvalue weighted by Gasteiger charge is -2.18. The van der Waals surface area contributed by atoms with E-state index in [0.717, 1.165) is 0 Å². The number of aliphatic hydroxyl groups is 1. The predicted octanol–water partition coefficient (Wildman–Crippen LogP) is 0.399. The summed E-state index contributed by atoms with van der Waals surface area (Å²) in [6, 6.07) is -0.847. The maximum absolute atomic E-state index is 11.9. The second-order valence-electron chi connectivity index (χ2n) is 4.04. The molecule has 0 saturated carbocycles. The molecule has 0 radical (unpaired) electrons. The first-order valence-corrected chi connectivity index (χ1v) is 4.92. The molecule has 2 unspecified atom stereocenters. The number of alkyl halides is 3. The maximum atomic E-state index is 11.9. The quantitative estimate of drug-likeness (QED) is 0.653. The number of carbonyl (C=O) groups is 1. The molecule has 4 N–H and O–H groups in total. The Hall–Kier alpha value is -0.820. The largest absolute Gasteiger partial charge is 0.416 e. The van der Waals surface area contributed by atoms with E-state index in [9.17, 15) is 18.0 Å². The number of nitrogens with one attached hydrogen (secondary N) is 1. The van der Waals surface area contributed by atoms with Crippen LogP contribution in [0.4, 0.5) is 13.2 Å². The van der Waals surface area contributed by atoms with Gasteiger partial charge in [-0.15, -0.1) is 0 Å². The van der Waals surface area contributed by atoms with Crippen molar-refractivity contribution in [3.63, 3.8) is 0 Å². The number of hydrogen-bond acceptors (Lipinski definition) is 3. The van der Waals surface area contributed by atoms with Crippen molar-refractivity contribution in [3.8, 4) is 0 Å². The van der Waals surface area contributed by atoms with Gasteiger partial charge in [-0.05, 0) is 12.3 Å². The molecule has 2 atom stereocenters. The Morgan fingerprint density at radius 2 is 1.94 bits per heavy atom. The van der Waals surface area contributed by atoms with Crippen molar-refractivity contribution in [3.05, 3.63) is 0 Å². The molecule has 7 heteroatoms. The lowest BCUT2D eigenvalue weighted by molar-refractivity contribution is -0.201. The molecule has 16 heavy (non-hydrogen) atoms. The number of amides is 1. The van der Waals surface area contributed by atoms with Crippen molar-refractivity contribution in [2.45, 2.75) is 38.6 Å². The van der Waals surface area contributed by atoms with Gasteiger partial charge in [0.05, 0.1) is 12.6 Å². The van der Waals surface area contributed by atoms with Gasteiger partial charge in [0.2, 0.25) is 5.91 Å². The first kappa shape index (κ1) is 15.2. The van der Waals surface area contributed by atoms with Gasteiger partial charge in [0.15, 0.2) is 6.10 Å². The summed E-state index contributed by atoms with van der Waals surface area (Å²) in [6.45, 7) is 2.82. The summed E-state index contributed by atoms with van der Waals surface area (Å²) in [5, 5.41) is 10.6. The average molecular weight is 242 g/mol. The van der Waals surface area contributed by atoms with Crippen LogP contribution in [0.5, 0.6) is 0 Å². The Balaban J connectivity index is 3.98. The van der Waals surface area contributed by atoms with E-state index in [-0.39, 0.29) is 5.92 Å². The van der Waals surface area contributed by atoms with Crippen molar-refractivity contribution in [1.29, 1.82) is 0 Å². The van der Waals surface area contributed by atoms with E-state index in [1.54, 1.807) is 0 Å². The molecule has 0 aliphatic carbocycles. The zero-order chi connectivity index (χ0) is 12.9. The molecular formula is C9H17F3N2O2. The van der Waals surface area contributed by atoms with Crippen LogP contribution in [0.1, 0.15) is 20.3 Å². The van der Waals surface area contributed by atoms with Crippen LogP contribution in [-0.4, -0.2) is 35.9 Å². The average Bonchev–Trinajstić information content (AvgIpc) is 2.10. The summed E-state index contributed by atoms with van der Waals surface area (Å²) >= 11 is 0. The molecule has 96 valence electrons. The van der Waals surface area contributed by atoms with Crippen molar-refractivity contribution in [2.24, 2.45) is 11.7 Å². The van der Waals surface area contributed by atoms with Gasteiger partial charge in [-0.2, -0.15) is 13.2 Å². The van der Waals surface area contributed by atoms with Gasteiger partial charge in [0.1, 0.15) is 0 Å². The molecule has 0 fully saturated rings. The zero-order valence-electron chi connectivity index (χ0n) is 9.21.